The number of aliphatic hydroxyl groups is 1. The number of carbonyl (C=O) groups is 8. The van der Waals surface area contributed by atoms with Gasteiger partial charge in [-0.15, -0.1) is 12.4 Å². The molecule has 3 heterocycles. The van der Waals surface area contributed by atoms with E-state index in [0.717, 1.165) is 45.3 Å². The Kier molecular flexibility index (Phi) is 44.6. The largest absolute Gasteiger partial charge is 0.471 e. The quantitative estimate of drug-likeness (QED) is 0.0120. The first-order valence-corrected chi connectivity index (χ1v) is 46.4. The summed E-state index contributed by atoms with van der Waals surface area (Å²) < 4.78 is 198. The van der Waals surface area contributed by atoms with Gasteiger partial charge in [-0.2, -0.15) is 65.9 Å². The maximum atomic E-state index is 12.6. The van der Waals surface area contributed by atoms with Gasteiger partial charge in [0.1, 0.15) is 16.8 Å². The third kappa shape index (κ3) is 42.2. The molecule has 4 atom stereocenters. The first-order chi connectivity index (χ1) is 60.2. The molecule has 133 heavy (non-hydrogen) atoms. The molecule has 0 spiro atoms. The second-order valence-corrected chi connectivity index (χ2v) is 40.6. The number of hydrogen-bond donors (Lipinski definition) is 12. The summed E-state index contributed by atoms with van der Waals surface area (Å²) in [4.78, 5) is 104. The van der Waals surface area contributed by atoms with Crippen molar-refractivity contribution >= 4 is 263 Å². The van der Waals surface area contributed by atoms with Crippen LogP contribution in [-0.4, -0.2) is 138 Å². The van der Waals surface area contributed by atoms with Crippen LogP contribution in [0.4, 0.5) is 110 Å². The lowest BCUT2D eigenvalue weighted by molar-refractivity contribution is -0.167. The Balaban J connectivity index is 0.000000414. The number of anilines is 6. The predicted molar refractivity (Wildman–Crippen MR) is 516 cm³/mol. The molecule has 6 aromatic carbocycles. The van der Waals surface area contributed by atoms with Crippen molar-refractivity contribution in [2.75, 3.05) is 55.3 Å². The molecule has 730 valence electrons. The second kappa shape index (κ2) is 49.8. The van der Waals surface area contributed by atoms with Crippen molar-refractivity contribution in [2.45, 2.75) is 167 Å². The van der Waals surface area contributed by atoms with Crippen LogP contribution in [0.1, 0.15) is 141 Å². The number of halogens is 22. The summed E-state index contributed by atoms with van der Waals surface area (Å²) in [5.41, 5.74) is 17.3. The number of nitrogen functional groups attached to an aromatic ring is 1. The van der Waals surface area contributed by atoms with Crippen molar-refractivity contribution in [1.29, 1.82) is 5.41 Å². The minimum Gasteiger partial charge on any atom is -0.444 e. The van der Waals surface area contributed by atoms with E-state index in [1.807, 2.05) is 68.8 Å². The van der Waals surface area contributed by atoms with E-state index in [9.17, 15) is 109 Å². The Labute approximate surface area is 827 Å². The number of nitrogens with one attached hydrogen (secondary N) is 8. The molecule has 0 aromatic heterocycles. The van der Waals surface area contributed by atoms with Crippen LogP contribution in [0.15, 0.2) is 170 Å². The molecule has 3 aliphatic heterocycles. The normalized spacial score (nSPS) is 17.2. The molecular formula is C82H88Br6ClF15N14O11S4. The number of nitrogens with zero attached hydrogens (tertiary/aromatic N) is 3. The maximum absolute atomic E-state index is 12.6. The number of hydrogen-bond acceptors (Lipinski definition) is 21. The first kappa shape index (κ1) is 119. The zero-order valence-electron chi connectivity index (χ0n) is 71.8. The number of rotatable bonds is 14. The molecule has 4 unspecified atom stereocenters. The number of amidine groups is 4. The van der Waals surface area contributed by atoms with Gasteiger partial charge in [-0.3, -0.25) is 59.8 Å². The summed E-state index contributed by atoms with van der Waals surface area (Å²) >= 11 is 24.7. The molecule has 0 fully saturated rings. The summed E-state index contributed by atoms with van der Waals surface area (Å²) in [6, 6.07) is 27.5. The highest BCUT2D eigenvalue weighted by Crippen LogP contribution is 2.43. The zero-order chi connectivity index (χ0) is 101. The molecule has 7 amide bonds. The number of alkyl carbamates (subject to hydrolysis) is 2. The van der Waals surface area contributed by atoms with Crippen molar-refractivity contribution in [1.82, 2.24) is 10.6 Å². The van der Waals surface area contributed by atoms with Crippen molar-refractivity contribution in [3.05, 3.63) is 188 Å². The highest BCUT2D eigenvalue weighted by atomic mass is 79.9. The molecule has 0 saturated heterocycles. The number of amides is 7. The molecule has 51 heteroatoms. The van der Waals surface area contributed by atoms with Crippen LogP contribution >= 0.6 is 155 Å². The third-order valence-electron chi connectivity index (χ3n) is 17.1. The van der Waals surface area contributed by atoms with Crippen LogP contribution in [-0.2, 0) is 55.7 Å². The Morgan fingerprint density at radius 1 is 0.459 bits per heavy atom. The number of ether oxygens (including phenoxy) is 2. The molecule has 0 bridgehead atoms. The van der Waals surface area contributed by atoms with E-state index < -0.39 is 106 Å². The van der Waals surface area contributed by atoms with E-state index in [1.54, 1.807) is 69.5 Å². The van der Waals surface area contributed by atoms with E-state index in [-0.39, 0.29) is 57.4 Å². The molecule has 6 aromatic rings. The lowest BCUT2D eigenvalue weighted by Gasteiger charge is -2.31. The van der Waals surface area contributed by atoms with E-state index in [0.29, 0.717) is 90.2 Å². The molecule has 25 nitrogen and oxygen atoms in total. The fraction of sp³-hybridized carbons (Fsp3) is 0.366. The SMILES string of the molecule is C/C(=C\CSC(=N)N)c1cc(Br)cc(NC(=O)C(F)(F)F)c1.C=CC(C)(O)c1cc(Br)cc(NC(=O)C(F)(F)F)c1.CC(=O)c1cc(Br)cc(NC(=O)C(F)(F)F)c1.CC(C)(C)OC(=O)NC1=NC(C)(c2cc(Br)cc(NC(=O)C(F)(F)F)c2)CCS1.CC(C)(C)OC(=O)NC1=NC(C)(c2cc(N)cc(Br)c2)CCS1.CC1(c2cc(Br)cc(NC(=O)C(F)(F)F)c2)CCSC(N)=N1.Cl. The Morgan fingerprint density at radius 3 is 1.08 bits per heavy atom. The third-order valence-corrected chi connectivity index (χ3v) is 23.0. The zero-order valence-corrected chi connectivity index (χ0v) is 85.4. The Hall–Kier alpha value is -8.08. The predicted octanol–water partition coefficient (Wildman–Crippen LogP) is 24.0. The van der Waals surface area contributed by atoms with Gasteiger partial charge in [0.2, 0.25) is 0 Å². The number of allylic oxidation sites excluding steroid dienone is 1. The lowest BCUT2D eigenvalue weighted by Crippen LogP contribution is -2.38. The molecule has 9 rings (SSSR count). The second-order valence-electron chi connectivity index (χ2n) is 30.8. The van der Waals surface area contributed by atoms with Crippen molar-refractivity contribution in [3.63, 3.8) is 0 Å². The smallest absolute Gasteiger partial charge is 0.444 e. The summed E-state index contributed by atoms with van der Waals surface area (Å²) in [6.45, 7) is 24.3. The van der Waals surface area contributed by atoms with E-state index in [4.69, 9.17) is 37.1 Å². The Morgan fingerprint density at radius 2 is 0.759 bits per heavy atom. The Bertz CT molecular complexity index is 5380. The monoisotopic (exact) mass is 2370 g/mol. The number of aliphatic imine (C=N–C) groups is 3. The fourth-order valence-corrected chi connectivity index (χ4v) is 17.3. The van der Waals surface area contributed by atoms with E-state index in [1.165, 1.54) is 128 Å². The fourth-order valence-electron chi connectivity index (χ4n) is 10.6. The molecular weight excluding hydrogens is 2290 g/mol. The van der Waals surface area contributed by atoms with Crippen LogP contribution in [0.3, 0.4) is 0 Å². The van der Waals surface area contributed by atoms with Crippen molar-refractivity contribution in [2.24, 2.45) is 26.4 Å². The number of alkyl halides is 15. The molecule has 3 aliphatic rings. The van der Waals surface area contributed by atoms with E-state index in [2.05, 4.69) is 123 Å². The van der Waals surface area contributed by atoms with Gasteiger partial charge in [0.25, 0.3) is 0 Å². The highest BCUT2D eigenvalue weighted by molar-refractivity contribution is 9.11. The number of thioether (sulfide) groups is 4. The van der Waals surface area contributed by atoms with Crippen LogP contribution in [0.2, 0.25) is 0 Å². The topological polar surface area (TPSA) is 398 Å². The number of carbonyl (C=O) groups excluding carboxylic acids is 8. The highest BCUT2D eigenvalue weighted by Gasteiger charge is 2.44. The average molecular weight is 2370 g/mol. The number of Topliss-reactive ketones (excluding diaryl/α,β-unsaturated/α-hetero) is 1. The van der Waals surface area contributed by atoms with Crippen LogP contribution in [0, 0.1) is 5.41 Å². The number of nitrogens with two attached hydrogens (primary N) is 3. The van der Waals surface area contributed by atoms with Gasteiger partial charge in [-0.1, -0.05) is 161 Å². The molecule has 0 saturated carbocycles. The van der Waals surface area contributed by atoms with Gasteiger partial charge in [0, 0.05) is 89.5 Å². The molecule has 15 N–H and O–H groups in total. The summed E-state index contributed by atoms with van der Waals surface area (Å²) in [5, 5.41) is 32.7. The van der Waals surface area contributed by atoms with Gasteiger partial charge in [0.15, 0.2) is 26.5 Å². The van der Waals surface area contributed by atoms with Crippen LogP contribution in [0.25, 0.3) is 5.57 Å². The van der Waals surface area contributed by atoms with Gasteiger partial charge in [-0.05, 0) is 245 Å². The number of ketones is 1. The van der Waals surface area contributed by atoms with Gasteiger partial charge < -0.3 is 58.4 Å². The van der Waals surface area contributed by atoms with Crippen molar-refractivity contribution in [3.8, 4) is 0 Å². The first-order valence-electron chi connectivity index (χ1n) is 37.7. The summed E-state index contributed by atoms with van der Waals surface area (Å²) in [5.74, 6) is -7.83. The standard InChI is InChI=1S/C18H21BrF3N3O3S.C16H22BrN3O2S.2C13H13BrF3N3OS.C12H11BrF3NO2.C10H7BrF3NO2.ClH/c1-16(2,3)28-15(27)24-14-25-17(4,5-6-29-14)10-7-11(19)9-12(8-10)23-13(26)18(20,21)22;1-15(2,3)22-14(21)19-13-20-16(4,5-6-23-13)10-7-11(17)9-12(18)8-10;1-12(2-3-22-11(18)20-12)7-4-8(14)6-9(5-7)19-10(21)13(15,16)17;1-7(2-3-22-12(18)19)8-4-9(14)6-10(5-8)20-11(21)13(15,16)17;1-3-11(2,19)7-4-8(13)6-9(5-7)17-10(18)12(14,15)16;1-5(16)6-2-7(11)4-8(3-6)15-9(17)10(12,13)14;/h7-9H,5-6H2,1-4H3,(H,23,26)(H,24,25,27);7-9H,5-6,18H2,1-4H3,(H,19,20,21);4-6H,2-3H2,1H3,(H2,18,20)(H,19,21);2,4-6H,3H2,1H3,(H3,18,19)(H,20,21);3-6,19H,1H2,2H3,(H,17,18);2-4H,1H3,(H,15,17);1H/b;;;7-2+;;;. The van der Waals surface area contributed by atoms with Gasteiger partial charge in [0.05, 0.1) is 16.6 Å². The lowest BCUT2D eigenvalue weighted by atomic mass is 9.89. The summed E-state index contributed by atoms with van der Waals surface area (Å²) in [7, 11) is 0. The van der Waals surface area contributed by atoms with Crippen molar-refractivity contribution < 1.29 is 119 Å². The number of benzene rings is 6. The molecule has 0 radical (unpaired) electrons. The molecule has 0 aliphatic carbocycles. The van der Waals surface area contributed by atoms with Crippen LogP contribution < -0.4 is 54.4 Å². The minimum atomic E-state index is -4.99. The summed E-state index contributed by atoms with van der Waals surface area (Å²) in [6.07, 6.45) is -20.7. The maximum Gasteiger partial charge on any atom is 0.471 e. The van der Waals surface area contributed by atoms with E-state index >= 15 is 0 Å². The average Bonchev–Trinajstić information content (AvgIpc) is 0.800. The minimum absolute atomic E-state index is 0. The van der Waals surface area contributed by atoms with Gasteiger partial charge in [-0.25, -0.2) is 9.59 Å². The van der Waals surface area contributed by atoms with Crippen LogP contribution in [0.5, 0.6) is 0 Å². The van der Waals surface area contributed by atoms with Gasteiger partial charge >= 0.3 is 72.6 Å².